The molecule has 3 aliphatic rings. The van der Waals surface area contributed by atoms with Crippen LogP contribution in [0.15, 0.2) is 18.2 Å². The Morgan fingerprint density at radius 2 is 2.12 bits per heavy atom. The molecule has 0 saturated carbocycles. The van der Waals surface area contributed by atoms with Crippen LogP contribution in [0.25, 0.3) is 0 Å². The molecule has 0 aromatic heterocycles. The first-order valence-electron chi connectivity index (χ1n) is 8.72. The van der Waals surface area contributed by atoms with E-state index in [0.29, 0.717) is 6.42 Å². The molecule has 0 aliphatic carbocycles. The van der Waals surface area contributed by atoms with Crippen molar-refractivity contribution in [2.75, 3.05) is 7.05 Å². The average Bonchev–Trinajstić information content (AvgIpc) is 3.11. The van der Waals surface area contributed by atoms with Crippen molar-refractivity contribution in [3.63, 3.8) is 0 Å². The topological polar surface area (TPSA) is 91.5 Å². The summed E-state index contributed by atoms with van der Waals surface area (Å²) in [5.74, 6) is 0.598. The molecule has 2 amide bonds. The summed E-state index contributed by atoms with van der Waals surface area (Å²) in [6, 6.07) is 5.71. The number of hydrogen-bond acceptors (Lipinski definition) is 5. The van der Waals surface area contributed by atoms with Gasteiger partial charge in [0, 0.05) is 31.7 Å². The zero-order chi connectivity index (χ0) is 17.8. The summed E-state index contributed by atoms with van der Waals surface area (Å²) >= 11 is 0. The summed E-state index contributed by atoms with van der Waals surface area (Å²) in [5, 5.41) is 5.64. The van der Waals surface area contributed by atoms with Crippen LogP contribution in [-0.2, 0) is 16.0 Å². The highest BCUT2D eigenvalue weighted by atomic mass is 16.5. The van der Waals surface area contributed by atoms with Gasteiger partial charge in [0.15, 0.2) is 0 Å². The summed E-state index contributed by atoms with van der Waals surface area (Å²) in [6.07, 6.45) is 0.912. The number of para-hydroxylation sites is 1. The number of likely N-dealkylation sites (N-methyl/N-ethyl adjacent to an activating group) is 1. The molecule has 134 valence electrons. The van der Waals surface area contributed by atoms with Crippen LogP contribution in [0.1, 0.15) is 37.3 Å². The van der Waals surface area contributed by atoms with Crippen molar-refractivity contribution in [3.05, 3.63) is 29.3 Å². The highest BCUT2D eigenvalue weighted by Crippen LogP contribution is 2.46. The maximum absolute atomic E-state index is 12.3. The van der Waals surface area contributed by atoms with Crippen LogP contribution in [0.5, 0.6) is 5.75 Å². The van der Waals surface area contributed by atoms with Crippen molar-refractivity contribution in [1.29, 1.82) is 0 Å². The Bertz CT molecular complexity index is 733. The van der Waals surface area contributed by atoms with Gasteiger partial charge < -0.3 is 15.4 Å². The number of ether oxygens (including phenoxy) is 1. The molecule has 4 N–H and O–H groups in total. The van der Waals surface area contributed by atoms with Gasteiger partial charge in [0.1, 0.15) is 17.4 Å². The minimum atomic E-state index is -0.411. The summed E-state index contributed by atoms with van der Waals surface area (Å²) in [7, 11) is 1.62. The molecular weight excluding hydrogens is 320 g/mol. The number of amides is 2. The van der Waals surface area contributed by atoms with Gasteiger partial charge in [-0.3, -0.25) is 9.59 Å². The number of carbonyl (C=O) groups excluding carboxylic acids is 2. The number of hydrazine groups is 1. The number of hydrogen-bond donors (Lipinski definition) is 4. The van der Waals surface area contributed by atoms with E-state index in [1.54, 1.807) is 7.05 Å². The molecular formula is C18H24N4O3. The van der Waals surface area contributed by atoms with E-state index < -0.39 is 6.04 Å². The first-order chi connectivity index (χ1) is 11.9. The molecule has 4 unspecified atom stereocenters. The quantitative estimate of drug-likeness (QED) is 0.614. The molecule has 0 bridgehead atoms. The molecule has 3 aliphatic heterocycles. The van der Waals surface area contributed by atoms with Gasteiger partial charge in [-0.25, -0.2) is 10.9 Å². The lowest BCUT2D eigenvalue weighted by atomic mass is 9.75. The Morgan fingerprint density at radius 3 is 2.88 bits per heavy atom. The van der Waals surface area contributed by atoms with Crippen molar-refractivity contribution >= 4 is 11.8 Å². The second-order valence-corrected chi connectivity index (χ2v) is 7.69. The van der Waals surface area contributed by atoms with Gasteiger partial charge in [-0.15, -0.1) is 0 Å². The Labute approximate surface area is 146 Å². The van der Waals surface area contributed by atoms with E-state index in [2.05, 4.69) is 41.4 Å². The van der Waals surface area contributed by atoms with E-state index in [0.717, 1.165) is 17.7 Å². The first kappa shape index (κ1) is 16.4. The molecule has 1 aromatic carbocycles. The lowest BCUT2D eigenvalue weighted by Crippen LogP contribution is -2.53. The van der Waals surface area contributed by atoms with E-state index in [1.807, 2.05) is 12.1 Å². The lowest BCUT2D eigenvalue weighted by Gasteiger charge is -2.36. The third kappa shape index (κ3) is 2.67. The molecule has 4 atom stereocenters. The number of carbonyl (C=O) groups is 2. The molecule has 7 heteroatoms. The van der Waals surface area contributed by atoms with Crippen molar-refractivity contribution in [3.8, 4) is 5.75 Å². The molecule has 1 aromatic rings. The highest BCUT2D eigenvalue weighted by molar-refractivity contribution is 5.84. The van der Waals surface area contributed by atoms with Crippen molar-refractivity contribution < 1.29 is 14.3 Å². The van der Waals surface area contributed by atoms with Gasteiger partial charge in [0.25, 0.3) is 0 Å². The molecule has 7 nitrogen and oxygen atoms in total. The fourth-order valence-corrected chi connectivity index (χ4v) is 4.37. The zero-order valence-corrected chi connectivity index (χ0v) is 14.7. The third-order valence-corrected chi connectivity index (χ3v) is 5.40. The van der Waals surface area contributed by atoms with Crippen LogP contribution < -0.4 is 26.2 Å². The number of nitrogens with one attached hydrogen (secondary N) is 4. The number of rotatable bonds is 2. The Hall–Kier alpha value is -2.12. The van der Waals surface area contributed by atoms with Gasteiger partial charge in [-0.05, 0) is 25.0 Å². The predicted molar refractivity (Wildman–Crippen MR) is 91.8 cm³/mol. The van der Waals surface area contributed by atoms with Gasteiger partial charge in [0.05, 0.1) is 6.17 Å². The molecule has 0 radical (unpaired) electrons. The molecule has 4 rings (SSSR count). The molecule has 0 spiro atoms. The van der Waals surface area contributed by atoms with Gasteiger partial charge in [0.2, 0.25) is 11.8 Å². The molecule has 3 heterocycles. The smallest absolute Gasteiger partial charge is 0.238 e. The van der Waals surface area contributed by atoms with Crippen LogP contribution in [-0.4, -0.2) is 36.7 Å². The minimum absolute atomic E-state index is 0.0204. The summed E-state index contributed by atoms with van der Waals surface area (Å²) in [4.78, 5) is 24.5. The Morgan fingerprint density at radius 1 is 1.32 bits per heavy atom. The van der Waals surface area contributed by atoms with Crippen LogP contribution in [0.4, 0.5) is 0 Å². The van der Waals surface area contributed by atoms with E-state index in [1.165, 1.54) is 5.56 Å². The van der Waals surface area contributed by atoms with Crippen LogP contribution >= 0.6 is 0 Å². The van der Waals surface area contributed by atoms with E-state index >= 15 is 0 Å². The number of benzene rings is 1. The maximum Gasteiger partial charge on any atom is 0.238 e. The highest BCUT2D eigenvalue weighted by Gasteiger charge is 2.50. The fourth-order valence-electron chi connectivity index (χ4n) is 4.37. The standard InChI is InChI=1S/C18H24N4O3/c1-18(2)8-9-5-4-6-10(15(9)25-18)11-7-12(23)20-16-13(11)14(21-22-16)17(24)19-3/h4-6,11,13-14,16,21-22H,7-8H2,1-3H3,(H,19,24)(H,20,23). The summed E-state index contributed by atoms with van der Waals surface area (Å²) in [6.45, 7) is 4.14. The Balaban J connectivity index is 1.75. The second kappa shape index (κ2) is 5.71. The lowest BCUT2D eigenvalue weighted by molar-refractivity contribution is -0.128. The predicted octanol–water partition coefficient (Wildman–Crippen LogP) is 0.168. The average molecular weight is 344 g/mol. The van der Waals surface area contributed by atoms with Crippen LogP contribution in [0.3, 0.4) is 0 Å². The summed E-state index contributed by atoms with van der Waals surface area (Å²) < 4.78 is 6.21. The molecule has 2 fully saturated rings. The van der Waals surface area contributed by atoms with Gasteiger partial charge in [-0.1, -0.05) is 18.2 Å². The normalized spacial score (nSPS) is 32.4. The van der Waals surface area contributed by atoms with Crippen molar-refractivity contribution in [2.24, 2.45) is 5.92 Å². The van der Waals surface area contributed by atoms with Crippen LogP contribution in [0, 0.1) is 5.92 Å². The third-order valence-electron chi connectivity index (χ3n) is 5.40. The van der Waals surface area contributed by atoms with E-state index in [9.17, 15) is 9.59 Å². The SMILES string of the molecule is CNC(=O)C1NNC2NC(=O)CC(c3cccc4c3OC(C)(C)C4)C21. The minimum Gasteiger partial charge on any atom is -0.487 e. The van der Waals surface area contributed by atoms with E-state index in [4.69, 9.17) is 4.74 Å². The van der Waals surface area contributed by atoms with Gasteiger partial charge in [-0.2, -0.15) is 0 Å². The number of fused-ring (bicyclic) bond motifs is 2. The molecule has 25 heavy (non-hydrogen) atoms. The monoisotopic (exact) mass is 344 g/mol. The van der Waals surface area contributed by atoms with Crippen LogP contribution in [0.2, 0.25) is 0 Å². The fraction of sp³-hybridized carbons (Fsp3) is 0.556. The largest absolute Gasteiger partial charge is 0.487 e. The van der Waals surface area contributed by atoms with Crippen molar-refractivity contribution in [2.45, 2.75) is 50.4 Å². The van der Waals surface area contributed by atoms with E-state index in [-0.39, 0.29) is 35.4 Å². The number of piperidine rings is 1. The molecule has 2 saturated heterocycles. The Kier molecular flexibility index (Phi) is 3.73. The van der Waals surface area contributed by atoms with Gasteiger partial charge >= 0.3 is 0 Å². The summed E-state index contributed by atoms with van der Waals surface area (Å²) in [5.41, 5.74) is 8.03. The van der Waals surface area contributed by atoms with Crippen molar-refractivity contribution in [1.82, 2.24) is 21.5 Å². The zero-order valence-electron chi connectivity index (χ0n) is 14.7. The first-order valence-corrected chi connectivity index (χ1v) is 8.72. The maximum atomic E-state index is 12.3. The second-order valence-electron chi connectivity index (χ2n) is 7.69.